The van der Waals surface area contributed by atoms with Crippen LogP contribution in [0, 0.1) is 11.8 Å². The fourth-order valence-electron chi connectivity index (χ4n) is 5.11. The Balaban J connectivity index is 1.96. The number of aliphatic hydroxyl groups is 1. The van der Waals surface area contributed by atoms with Crippen LogP contribution in [0.4, 0.5) is 0 Å². The van der Waals surface area contributed by atoms with Gasteiger partial charge in [-0.1, -0.05) is 29.3 Å². The number of halogens is 1. The SMILES string of the molecule is CCCC(C)NC(=O)[C@@H]1N(CCO)C(=O)[C@H]2[C@H](C(=O)OCC)[C@H]3O[C@@]12CC3Br. The van der Waals surface area contributed by atoms with Gasteiger partial charge >= 0.3 is 5.97 Å². The molecule has 1 spiro atoms. The molecule has 2 N–H and O–H groups in total. The molecule has 2 unspecified atom stereocenters. The predicted molar refractivity (Wildman–Crippen MR) is 104 cm³/mol. The standard InChI is InChI=1S/C19H29BrN2O6/c1-4-6-10(3)21-16(24)15-19-9-11(20)14(28-19)12(18(26)27-5-2)13(19)17(25)22(15)7-8-23/h10-15,23H,4-9H2,1-3H3,(H,21,24)/t10?,11?,12-,13+,14-,15-,19+/m0/s1. The van der Waals surface area contributed by atoms with Crippen molar-refractivity contribution in [3.63, 3.8) is 0 Å². The van der Waals surface area contributed by atoms with Gasteiger partial charge in [-0.2, -0.15) is 0 Å². The third kappa shape index (κ3) is 3.25. The Morgan fingerprint density at radius 2 is 2.18 bits per heavy atom. The largest absolute Gasteiger partial charge is 0.466 e. The molecule has 0 aromatic rings. The highest BCUT2D eigenvalue weighted by Crippen LogP contribution is 2.60. The van der Waals surface area contributed by atoms with Crippen molar-refractivity contribution >= 4 is 33.7 Å². The van der Waals surface area contributed by atoms with Gasteiger partial charge in [-0.25, -0.2) is 0 Å². The molecule has 0 radical (unpaired) electrons. The number of fused-ring (bicyclic) bond motifs is 1. The fourth-order valence-corrected chi connectivity index (χ4v) is 6.06. The number of nitrogens with zero attached hydrogens (tertiary/aromatic N) is 1. The average molecular weight is 461 g/mol. The van der Waals surface area contributed by atoms with E-state index >= 15 is 0 Å². The van der Waals surface area contributed by atoms with Crippen molar-refractivity contribution in [3.8, 4) is 0 Å². The van der Waals surface area contributed by atoms with E-state index in [1.807, 2.05) is 13.8 Å². The number of β-amino-alcohol motifs (C(OH)–C–C–N with tert-alkyl or cyclic N) is 1. The summed E-state index contributed by atoms with van der Waals surface area (Å²) in [5.74, 6) is -2.61. The van der Waals surface area contributed by atoms with E-state index in [9.17, 15) is 19.5 Å². The number of hydrogen-bond acceptors (Lipinski definition) is 6. The Labute approximate surface area is 173 Å². The molecule has 9 heteroatoms. The molecule has 0 saturated carbocycles. The Bertz CT molecular complexity index is 646. The summed E-state index contributed by atoms with van der Waals surface area (Å²) in [6.45, 7) is 5.64. The number of carbonyl (C=O) groups is 3. The zero-order chi connectivity index (χ0) is 20.6. The lowest BCUT2D eigenvalue weighted by atomic mass is 9.70. The maximum atomic E-state index is 13.2. The first-order chi connectivity index (χ1) is 13.3. The minimum Gasteiger partial charge on any atom is -0.466 e. The molecule has 0 aromatic heterocycles. The maximum Gasteiger partial charge on any atom is 0.312 e. The van der Waals surface area contributed by atoms with Crippen molar-refractivity contribution in [3.05, 3.63) is 0 Å². The third-order valence-electron chi connectivity index (χ3n) is 6.05. The predicted octanol–water partition coefficient (Wildman–Crippen LogP) is 0.595. The smallest absolute Gasteiger partial charge is 0.312 e. The highest BCUT2D eigenvalue weighted by Gasteiger charge is 2.76. The van der Waals surface area contributed by atoms with Crippen LogP contribution in [0.1, 0.15) is 40.0 Å². The van der Waals surface area contributed by atoms with E-state index in [1.165, 1.54) is 4.90 Å². The molecule has 28 heavy (non-hydrogen) atoms. The van der Waals surface area contributed by atoms with Crippen LogP contribution in [0.3, 0.4) is 0 Å². The van der Waals surface area contributed by atoms with E-state index in [0.29, 0.717) is 6.42 Å². The molecule has 3 aliphatic heterocycles. The van der Waals surface area contributed by atoms with Gasteiger partial charge in [0.15, 0.2) is 0 Å². The third-order valence-corrected chi connectivity index (χ3v) is 6.89. The number of hydrogen-bond donors (Lipinski definition) is 2. The summed E-state index contributed by atoms with van der Waals surface area (Å²) in [7, 11) is 0. The van der Waals surface area contributed by atoms with E-state index in [2.05, 4.69) is 21.2 Å². The minimum atomic E-state index is -1.08. The Hall–Kier alpha value is -1.19. The van der Waals surface area contributed by atoms with Gasteiger partial charge in [0.05, 0.1) is 31.2 Å². The molecule has 3 fully saturated rings. The molecule has 0 aromatic carbocycles. The second-order valence-corrected chi connectivity index (χ2v) is 9.05. The van der Waals surface area contributed by atoms with Crippen molar-refractivity contribution in [2.75, 3.05) is 19.8 Å². The first kappa shape index (κ1) is 21.5. The number of alkyl halides is 1. The van der Waals surface area contributed by atoms with Crippen LogP contribution in [-0.2, 0) is 23.9 Å². The van der Waals surface area contributed by atoms with Crippen molar-refractivity contribution in [2.45, 2.75) is 68.6 Å². The average Bonchev–Trinajstić information content (AvgIpc) is 3.20. The number of amides is 2. The van der Waals surface area contributed by atoms with Gasteiger partial charge < -0.3 is 24.8 Å². The number of esters is 1. The van der Waals surface area contributed by atoms with Gasteiger partial charge in [-0.3, -0.25) is 14.4 Å². The fraction of sp³-hybridized carbons (Fsp3) is 0.842. The first-order valence-corrected chi connectivity index (χ1v) is 10.9. The van der Waals surface area contributed by atoms with Crippen LogP contribution in [0.5, 0.6) is 0 Å². The number of carbonyl (C=O) groups excluding carboxylic acids is 3. The van der Waals surface area contributed by atoms with Crippen molar-refractivity contribution in [1.82, 2.24) is 10.2 Å². The zero-order valence-electron chi connectivity index (χ0n) is 16.5. The molecule has 3 heterocycles. The minimum absolute atomic E-state index is 0.0217. The van der Waals surface area contributed by atoms with E-state index in [-0.39, 0.29) is 42.4 Å². The molecule has 158 valence electrons. The van der Waals surface area contributed by atoms with Gasteiger partial charge in [-0.15, -0.1) is 0 Å². The summed E-state index contributed by atoms with van der Waals surface area (Å²) >= 11 is 3.57. The van der Waals surface area contributed by atoms with Crippen LogP contribution >= 0.6 is 15.9 Å². The number of nitrogens with one attached hydrogen (secondary N) is 1. The quantitative estimate of drug-likeness (QED) is 0.405. The number of likely N-dealkylation sites (tertiary alicyclic amines) is 1. The van der Waals surface area contributed by atoms with Crippen LogP contribution < -0.4 is 5.32 Å². The highest BCUT2D eigenvalue weighted by molar-refractivity contribution is 9.09. The zero-order valence-corrected chi connectivity index (χ0v) is 18.1. The van der Waals surface area contributed by atoms with Crippen LogP contribution in [0.2, 0.25) is 0 Å². The van der Waals surface area contributed by atoms with Crippen LogP contribution in [0.25, 0.3) is 0 Å². The van der Waals surface area contributed by atoms with E-state index in [0.717, 1.165) is 12.8 Å². The number of ether oxygens (including phenoxy) is 2. The maximum absolute atomic E-state index is 13.2. The summed E-state index contributed by atoms with van der Waals surface area (Å²) in [4.78, 5) is 40.3. The second kappa shape index (κ2) is 8.28. The molecule has 8 nitrogen and oxygen atoms in total. The monoisotopic (exact) mass is 460 g/mol. The Morgan fingerprint density at radius 3 is 2.79 bits per heavy atom. The van der Waals surface area contributed by atoms with E-state index < -0.39 is 35.6 Å². The van der Waals surface area contributed by atoms with E-state index in [4.69, 9.17) is 9.47 Å². The summed E-state index contributed by atoms with van der Waals surface area (Å²) < 4.78 is 11.5. The van der Waals surface area contributed by atoms with E-state index in [1.54, 1.807) is 6.92 Å². The number of rotatable bonds is 8. The lowest BCUT2D eigenvalue weighted by molar-refractivity contribution is -0.154. The molecule has 7 atom stereocenters. The lowest BCUT2D eigenvalue weighted by Gasteiger charge is -2.34. The first-order valence-electron chi connectivity index (χ1n) is 10.0. The van der Waals surface area contributed by atoms with Gasteiger partial charge in [0, 0.05) is 17.4 Å². The molecular weight excluding hydrogens is 432 g/mol. The number of aliphatic hydroxyl groups excluding tert-OH is 1. The Morgan fingerprint density at radius 1 is 1.46 bits per heavy atom. The molecule has 3 saturated heterocycles. The van der Waals surface area contributed by atoms with Gasteiger partial charge in [0.1, 0.15) is 11.6 Å². The molecule has 0 aliphatic carbocycles. The topological polar surface area (TPSA) is 105 Å². The lowest BCUT2D eigenvalue weighted by Crippen LogP contribution is -2.57. The summed E-state index contributed by atoms with van der Waals surface area (Å²) in [5.41, 5.74) is -1.08. The molecule has 3 aliphatic rings. The van der Waals surface area contributed by atoms with Crippen LogP contribution in [0.15, 0.2) is 0 Å². The molecular formula is C19H29BrN2O6. The Kier molecular flexibility index (Phi) is 6.36. The molecule has 2 amide bonds. The van der Waals surface area contributed by atoms with Gasteiger partial charge in [0.25, 0.3) is 0 Å². The molecule has 3 rings (SSSR count). The highest BCUT2D eigenvalue weighted by atomic mass is 79.9. The van der Waals surface area contributed by atoms with Crippen molar-refractivity contribution in [2.24, 2.45) is 11.8 Å². The van der Waals surface area contributed by atoms with Crippen LogP contribution in [-0.4, -0.2) is 76.2 Å². The normalized spacial score (nSPS) is 37.1. The summed E-state index contributed by atoms with van der Waals surface area (Å²) in [6.07, 6.45) is 1.68. The van der Waals surface area contributed by atoms with Crippen molar-refractivity contribution < 1.29 is 29.0 Å². The van der Waals surface area contributed by atoms with Crippen molar-refractivity contribution in [1.29, 1.82) is 0 Å². The van der Waals surface area contributed by atoms with Gasteiger partial charge in [-0.05, 0) is 26.7 Å². The second-order valence-electron chi connectivity index (χ2n) is 7.87. The summed E-state index contributed by atoms with van der Waals surface area (Å²) in [5, 5.41) is 12.5. The molecule has 2 bridgehead atoms. The summed E-state index contributed by atoms with van der Waals surface area (Å²) in [6, 6.07) is -0.917. The van der Waals surface area contributed by atoms with Gasteiger partial charge in [0.2, 0.25) is 11.8 Å².